The summed E-state index contributed by atoms with van der Waals surface area (Å²) >= 11 is 0. The summed E-state index contributed by atoms with van der Waals surface area (Å²) in [6, 6.07) is 5.64. The third-order valence-corrected chi connectivity index (χ3v) is 4.24. The maximum absolute atomic E-state index is 12.2. The van der Waals surface area contributed by atoms with Crippen LogP contribution >= 0.6 is 12.4 Å². The quantitative estimate of drug-likeness (QED) is 0.771. The fourth-order valence-corrected chi connectivity index (χ4v) is 2.65. The first-order chi connectivity index (χ1) is 10.5. The number of hydrogen-bond donors (Lipinski definition) is 3. The van der Waals surface area contributed by atoms with Gasteiger partial charge >= 0.3 is 0 Å². The van der Waals surface area contributed by atoms with E-state index < -0.39 is 0 Å². The van der Waals surface area contributed by atoms with Crippen molar-refractivity contribution in [2.45, 2.75) is 45.6 Å². The van der Waals surface area contributed by atoms with Crippen LogP contribution in [0.2, 0.25) is 0 Å². The van der Waals surface area contributed by atoms with E-state index in [-0.39, 0.29) is 30.1 Å². The SMILES string of the molecule is Cc1cc(C(=O)NC2CCCC2)ccc1NC(=O)C(C)CN.Cl. The largest absolute Gasteiger partial charge is 0.349 e. The van der Waals surface area contributed by atoms with Crippen molar-refractivity contribution in [3.63, 3.8) is 0 Å². The Bertz CT molecular complexity index is 557. The Balaban J connectivity index is 0.00000264. The lowest BCUT2D eigenvalue weighted by molar-refractivity contribution is -0.119. The number of aryl methyl sites for hydroxylation is 1. The molecule has 0 aliphatic heterocycles. The first-order valence-corrected chi connectivity index (χ1v) is 7.93. The van der Waals surface area contributed by atoms with E-state index in [2.05, 4.69) is 10.6 Å². The van der Waals surface area contributed by atoms with Crippen LogP contribution < -0.4 is 16.4 Å². The van der Waals surface area contributed by atoms with Gasteiger partial charge in [-0.2, -0.15) is 0 Å². The van der Waals surface area contributed by atoms with E-state index in [1.54, 1.807) is 19.1 Å². The molecule has 0 saturated heterocycles. The van der Waals surface area contributed by atoms with Gasteiger partial charge in [0.25, 0.3) is 5.91 Å². The van der Waals surface area contributed by atoms with Crippen molar-refractivity contribution in [1.29, 1.82) is 0 Å². The Kier molecular flexibility index (Phi) is 7.52. The highest BCUT2D eigenvalue weighted by molar-refractivity contribution is 5.97. The summed E-state index contributed by atoms with van der Waals surface area (Å²) in [5, 5.41) is 5.92. The van der Waals surface area contributed by atoms with E-state index in [0.29, 0.717) is 18.2 Å². The molecule has 2 rings (SSSR count). The lowest BCUT2D eigenvalue weighted by Gasteiger charge is -2.15. The van der Waals surface area contributed by atoms with E-state index in [1.165, 1.54) is 12.8 Å². The van der Waals surface area contributed by atoms with E-state index in [9.17, 15) is 9.59 Å². The van der Waals surface area contributed by atoms with Crippen LogP contribution in [0.1, 0.15) is 48.5 Å². The van der Waals surface area contributed by atoms with Gasteiger partial charge in [-0.25, -0.2) is 0 Å². The number of nitrogens with one attached hydrogen (secondary N) is 2. The molecular formula is C17H26ClN3O2. The highest BCUT2D eigenvalue weighted by Gasteiger charge is 2.18. The number of rotatable bonds is 5. The molecule has 4 N–H and O–H groups in total. The van der Waals surface area contributed by atoms with Crippen LogP contribution in [-0.4, -0.2) is 24.4 Å². The Hall–Kier alpha value is -1.59. The molecule has 128 valence electrons. The van der Waals surface area contributed by atoms with Gasteiger partial charge in [-0.3, -0.25) is 9.59 Å². The monoisotopic (exact) mass is 339 g/mol. The number of hydrogen-bond acceptors (Lipinski definition) is 3. The Labute approximate surface area is 143 Å². The molecule has 1 aromatic carbocycles. The molecule has 6 heteroatoms. The van der Waals surface area contributed by atoms with Crippen LogP contribution in [0, 0.1) is 12.8 Å². The fourth-order valence-electron chi connectivity index (χ4n) is 2.65. The molecule has 1 aromatic rings. The summed E-state index contributed by atoms with van der Waals surface area (Å²) in [4.78, 5) is 24.1. The van der Waals surface area contributed by atoms with Crippen molar-refractivity contribution >= 4 is 29.9 Å². The smallest absolute Gasteiger partial charge is 0.251 e. The van der Waals surface area contributed by atoms with Gasteiger partial charge in [0.2, 0.25) is 5.91 Å². The molecule has 5 nitrogen and oxygen atoms in total. The molecule has 0 bridgehead atoms. The molecule has 0 radical (unpaired) electrons. The van der Waals surface area contributed by atoms with Gasteiger partial charge in [0.1, 0.15) is 0 Å². The van der Waals surface area contributed by atoms with Gasteiger partial charge in [-0.05, 0) is 43.5 Å². The van der Waals surface area contributed by atoms with Crippen molar-refractivity contribution < 1.29 is 9.59 Å². The minimum Gasteiger partial charge on any atom is -0.349 e. The molecule has 1 fully saturated rings. The zero-order valence-corrected chi connectivity index (χ0v) is 14.5. The lowest BCUT2D eigenvalue weighted by atomic mass is 10.1. The Morgan fingerprint density at radius 1 is 1.30 bits per heavy atom. The average Bonchev–Trinajstić information content (AvgIpc) is 3.01. The highest BCUT2D eigenvalue weighted by atomic mass is 35.5. The number of halogens is 1. The first kappa shape index (κ1) is 19.5. The normalized spacial score (nSPS) is 15.6. The van der Waals surface area contributed by atoms with Crippen molar-refractivity contribution in [3.8, 4) is 0 Å². The number of amides is 2. The predicted molar refractivity (Wildman–Crippen MR) is 95.0 cm³/mol. The minimum absolute atomic E-state index is 0. The van der Waals surface area contributed by atoms with Gasteiger partial charge in [-0.15, -0.1) is 12.4 Å². The standard InChI is InChI=1S/C17H25N3O2.ClH/c1-11-9-13(17(22)19-14-5-3-4-6-14)7-8-15(11)20-16(21)12(2)10-18;/h7-9,12,14H,3-6,10,18H2,1-2H3,(H,19,22)(H,20,21);1H. The minimum atomic E-state index is -0.232. The second kappa shape index (κ2) is 8.89. The van der Waals surface area contributed by atoms with Gasteiger partial charge in [0.15, 0.2) is 0 Å². The van der Waals surface area contributed by atoms with E-state index in [4.69, 9.17) is 5.73 Å². The van der Waals surface area contributed by atoms with Gasteiger partial charge in [0.05, 0.1) is 0 Å². The maximum atomic E-state index is 12.2. The summed E-state index contributed by atoms with van der Waals surface area (Å²) in [6.45, 7) is 3.98. The van der Waals surface area contributed by atoms with Gasteiger partial charge in [-0.1, -0.05) is 19.8 Å². The van der Waals surface area contributed by atoms with E-state index in [1.807, 2.05) is 13.0 Å². The second-order valence-electron chi connectivity index (χ2n) is 6.11. The van der Waals surface area contributed by atoms with Crippen molar-refractivity contribution in [2.75, 3.05) is 11.9 Å². The van der Waals surface area contributed by atoms with Crippen LogP contribution in [0.3, 0.4) is 0 Å². The third-order valence-electron chi connectivity index (χ3n) is 4.24. The number of anilines is 1. The molecule has 23 heavy (non-hydrogen) atoms. The van der Waals surface area contributed by atoms with E-state index >= 15 is 0 Å². The average molecular weight is 340 g/mol. The number of carbonyl (C=O) groups is 2. The molecule has 1 aliphatic rings. The van der Waals surface area contributed by atoms with Gasteiger partial charge in [0, 0.05) is 29.8 Å². The molecule has 1 unspecified atom stereocenters. The molecule has 0 heterocycles. The third kappa shape index (κ3) is 5.22. The zero-order chi connectivity index (χ0) is 16.1. The summed E-state index contributed by atoms with van der Waals surface area (Å²) in [5.41, 5.74) is 7.72. The van der Waals surface area contributed by atoms with Crippen LogP contribution in [0.15, 0.2) is 18.2 Å². The van der Waals surface area contributed by atoms with Crippen LogP contribution in [0.4, 0.5) is 5.69 Å². The molecule has 1 atom stereocenters. The number of carbonyl (C=O) groups excluding carboxylic acids is 2. The van der Waals surface area contributed by atoms with Crippen LogP contribution in [0.25, 0.3) is 0 Å². The summed E-state index contributed by atoms with van der Waals surface area (Å²) in [5.74, 6) is -0.373. The molecule has 2 amide bonds. The Morgan fingerprint density at radius 3 is 2.52 bits per heavy atom. The topological polar surface area (TPSA) is 84.2 Å². The van der Waals surface area contributed by atoms with Crippen LogP contribution in [0.5, 0.6) is 0 Å². The zero-order valence-electron chi connectivity index (χ0n) is 13.7. The maximum Gasteiger partial charge on any atom is 0.251 e. The fraction of sp³-hybridized carbons (Fsp3) is 0.529. The van der Waals surface area contributed by atoms with Crippen molar-refractivity contribution in [1.82, 2.24) is 5.32 Å². The predicted octanol–water partition coefficient (Wildman–Crippen LogP) is 2.62. The van der Waals surface area contributed by atoms with Crippen molar-refractivity contribution in [3.05, 3.63) is 29.3 Å². The number of benzene rings is 1. The molecule has 0 spiro atoms. The molecule has 1 aliphatic carbocycles. The van der Waals surface area contributed by atoms with Crippen LogP contribution in [-0.2, 0) is 4.79 Å². The number of nitrogens with two attached hydrogens (primary N) is 1. The van der Waals surface area contributed by atoms with E-state index in [0.717, 1.165) is 24.1 Å². The lowest BCUT2D eigenvalue weighted by Crippen LogP contribution is -2.32. The first-order valence-electron chi connectivity index (χ1n) is 7.93. The van der Waals surface area contributed by atoms with Gasteiger partial charge < -0.3 is 16.4 Å². The summed E-state index contributed by atoms with van der Waals surface area (Å²) in [6.07, 6.45) is 4.51. The highest BCUT2D eigenvalue weighted by Crippen LogP contribution is 2.20. The van der Waals surface area contributed by atoms with Crippen molar-refractivity contribution in [2.24, 2.45) is 11.7 Å². The molecular weight excluding hydrogens is 314 g/mol. The summed E-state index contributed by atoms with van der Waals surface area (Å²) in [7, 11) is 0. The Morgan fingerprint density at radius 2 is 1.96 bits per heavy atom. The molecule has 0 aromatic heterocycles. The molecule has 1 saturated carbocycles. The summed E-state index contributed by atoms with van der Waals surface area (Å²) < 4.78 is 0. The second-order valence-corrected chi connectivity index (χ2v) is 6.11.